The molecule has 0 unspecified atom stereocenters. The largest absolute Gasteiger partial charge is 0.309 e. The first-order valence-electron chi connectivity index (χ1n) is 15.4. The van der Waals surface area contributed by atoms with Crippen LogP contribution in [0.15, 0.2) is 158 Å². The van der Waals surface area contributed by atoms with Gasteiger partial charge in [0.15, 0.2) is 0 Å². The molecule has 2 nitrogen and oxygen atoms in total. The van der Waals surface area contributed by atoms with Gasteiger partial charge in [0.25, 0.3) is 0 Å². The predicted octanol–water partition coefficient (Wildman–Crippen LogP) is 11.9. The van der Waals surface area contributed by atoms with E-state index in [9.17, 15) is 0 Å². The van der Waals surface area contributed by atoms with E-state index in [2.05, 4.69) is 167 Å². The summed E-state index contributed by atoms with van der Waals surface area (Å²) in [5, 5.41) is 7.78. The van der Waals surface area contributed by atoms with Gasteiger partial charge in [0.05, 0.1) is 26.8 Å². The van der Waals surface area contributed by atoms with Gasteiger partial charge < -0.3 is 9.13 Å². The van der Waals surface area contributed by atoms with Crippen LogP contribution in [0.5, 0.6) is 0 Å². The van der Waals surface area contributed by atoms with Gasteiger partial charge in [-0.05, 0) is 59.7 Å². The van der Waals surface area contributed by atoms with Crippen LogP contribution in [-0.4, -0.2) is 9.13 Å². The standard InChI is InChI=1S/C42H26N2S/c1-5-19-37-31(15-1)32-16-2-6-20-38(32)43(37)29-13-9-11-27(25-29)28-12-10-14-30(26-28)44-39-21-7-3-17-33(39)35-23-24-36-34-18-4-8-22-40(34)45-42(36)41(35)44/h1-26H. The minimum Gasteiger partial charge on any atom is -0.309 e. The molecule has 7 aromatic carbocycles. The van der Waals surface area contributed by atoms with Crippen LogP contribution in [0.1, 0.15) is 0 Å². The lowest BCUT2D eigenvalue weighted by molar-refractivity contribution is 1.18. The van der Waals surface area contributed by atoms with E-state index < -0.39 is 0 Å². The van der Waals surface area contributed by atoms with E-state index in [1.165, 1.54) is 86.3 Å². The molecule has 0 saturated carbocycles. The van der Waals surface area contributed by atoms with Gasteiger partial charge in [0, 0.05) is 48.4 Å². The van der Waals surface area contributed by atoms with Crippen LogP contribution in [0, 0.1) is 0 Å². The fourth-order valence-corrected chi connectivity index (χ4v) is 8.59. The van der Waals surface area contributed by atoms with Gasteiger partial charge in [0.2, 0.25) is 0 Å². The highest BCUT2D eigenvalue weighted by molar-refractivity contribution is 7.26. The summed E-state index contributed by atoms with van der Waals surface area (Å²) in [6, 6.07) is 57.6. The number of fused-ring (bicyclic) bond motifs is 10. The van der Waals surface area contributed by atoms with E-state index >= 15 is 0 Å². The number of benzene rings is 7. The number of nitrogens with zero attached hydrogens (tertiary/aromatic N) is 2. The molecule has 10 aromatic rings. The normalized spacial score (nSPS) is 12.0. The highest BCUT2D eigenvalue weighted by Crippen LogP contribution is 2.43. The Labute approximate surface area is 263 Å². The summed E-state index contributed by atoms with van der Waals surface area (Å²) in [5.41, 5.74) is 9.70. The smallest absolute Gasteiger partial charge is 0.0719 e. The zero-order valence-corrected chi connectivity index (χ0v) is 25.1. The number of hydrogen-bond acceptors (Lipinski definition) is 1. The zero-order valence-electron chi connectivity index (χ0n) is 24.3. The predicted molar refractivity (Wildman–Crippen MR) is 193 cm³/mol. The lowest BCUT2D eigenvalue weighted by Crippen LogP contribution is -1.96. The SMILES string of the molecule is c1cc(-c2cccc(-n3c4ccccc4c4ccc5c6ccccc6sc5c43)c2)cc(-n2c3ccccc3c3ccccc32)c1. The molecule has 3 heteroatoms. The Hall–Kier alpha value is -5.64. The maximum Gasteiger partial charge on any atom is 0.0719 e. The monoisotopic (exact) mass is 590 g/mol. The van der Waals surface area contributed by atoms with E-state index in [0.29, 0.717) is 0 Å². The van der Waals surface area contributed by atoms with E-state index in [-0.39, 0.29) is 0 Å². The number of aromatic nitrogens is 2. The average Bonchev–Trinajstić information content (AvgIpc) is 3.76. The molecule has 0 aliphatic rings. The molecule has 210 valence electrons. The molecule has 0 radical (unpaired) electrons. The van der Waals surface area contributed by atoms with Crippen LogP contribution in [0.25, 0.3) is 86.3 Å². The first-order valence-corrected chi connectivity index (χ1v) is 16.2. The van der Waals surface area contributed by atoms with Crippen LogP contribution in [0.3, 0.4) is 0 Å². The maximum absolute atomic E-state index is 2.47. The van der Waals surface area contributed by atoms with Crippen LogP contribution < -0.4 is 0 Å². The van der Waals surface area contributed by atoms with Gasteiger partial charge in [-0.25, -0.2) is 0 Å². The molecule has 10 rings (SSSR count). The first kappa shape index (κ1) is 24.8. The molecular formula is C42H26N2S. The van der Waals surface area contributed by atoms with Crippen molar-refractivity contribution in [3.05, 3.63) is 158 Å². The van der Waals surface area contributed by atoms with Crippen molar-refractivity contribution in [1.29, 1.82) is 0 Å². The molecule has 0 aliphatic carbocycles. The molecule has 0 aliphatic heterocycles. The number of hydrogen-bond donors (Lipinski definition) is 0. The van der Waals surface area contributed by atoms with Gasteiger partial charge in [-0.2, -0.15) is 0 Å². The van der Waals surface area contributed by atoms with Crippen molar-refractivity contribution >= 4 is 75.1 Å². The lowest BCUT2D eigenvalue weighted by Gasteiger charge is -2.13. The summed E-state index contributed by atoms with van der Waals surface area (Å²) in [5.74, 6) is 0. The number of para-hydroxylation sites is 3. The molecular weight excluding hydrogens is 565 g/mol. The molecule has 3 heterocycles. The topological polar surface area (TPSA) is 9.86 Å². The molecule has 0 spiro atoms. The molecule has 0 saturated heterocycles. The van der Waals surface area contributed by atoms with Crippen LogP contribution in [-0.2, 0) is 0 Å². The fraction of sp³-hybridized carbons (Fsp3) is 0. The number of rotatable bonds is 3. The second-order valence-electron chi connectivity index (χ2n) is 11.8. The Morgan fingerprint density at radius 3 is 1.49 bits per heavy atom. The average molecular weight is 591 g/mol. The van der Waals surface area contributed by atoms with Crippen LogP contribution >= 0.6 is 11.3 Å². The van der Waals surface area contributed by atoms with Gasteiger partial charge in [0.1, 0.15) is 0 Å². The Morgan fingerprint density at radius 2 is 0.844 bits per heavy atom. The van der Waals surface area contributed by atoms with Crippen LogP contribution in [0.2, 0.25) is 0 Å². The molecule has 0 amide bonds. The summed E-state index contributed by atoms with van der Waals surface area (Å²) in [6.45, 7) is 0. The van der Waals surface area contributed by atoms with Crippen molar-refractivity contribution in [2.45, 2.75) is 0 Å². The summed E-state index contributed by atoms with van der Waals surface area (Å²) in [6.07, 6.45) is 0. The lowest BCUT2D eigenvalue weighted by atomic mass is 10.0. The van der Waals surface area contributed by atoms with Gasteiger partial charge in [-0.1, -0.05) is 109 Å². The van der Waals surface area contributed by atoms with Crippen molar-refractivity contribution in [3.63, 3.8) is 0 Å². The van der Waals surface area contributed by atoms with Crippen molar-refractivity contribution in [1.82, 2.24) is 9.13 Å². The first-order chi connectivity index (χ1) is 22.3. The quantitative estimate of drug-likeness (QED) is 0.194. The second kappa shape index (κ2) is 9.43. The van der Waals surface area contributed by atoms with Gasteiger partial charge >= 0.3 is 0 Å². The molecule has 0 N–H and O–H groups in total. The highest BCUT2D eigenvalue weighted by atomic mass is 32.1. The minimum atomic E-state index is 1.17. The van der Waals surface area contributed by atoms with Crippen molar-refractivity contribution < 1.29 is 0 Å². The third kappa shape index (κ3) is 3.56. The van der Waals surface area contributed by atoms with Crippen LogP contribution in [0.4, 0.5) is 0 Å². The highest BCUT2D eigenvalue weighted by Gasteiger charge is 2.18. The summed E-state index contributed by atoms with van der Waals surface area (Å²) in [4.78, 5) is 0. The molecule has 0 fully saturated rings. The Bertz CT molecular complexity index is 2720. The summed E-state index contributed by atoms with van der Waals surface area (Å²) in [7, 11) is 0. The third-order valence-electron chi connectivity index (χ3n) is 9.30. The van der Waals surface area contributed by atoms with E-state index in [1.807, 2.05) is 11.3 Å². The van der Waals surface area contributed by atoms with Crippen molar-refractivity contribution in [3.8, 4) is 22.5 Å². The fourth-order valence-electron chi connectivity index (χ4n) is 7.35. The molecule has 45 heavy (non-hydrogen) atoms. The van der Waals surface area contributed by atoms with Crippen molar-refractivity contribution in [2.24, 2.45) is 0 Å². The van der Waals surface area contributed by atoms with E-state index in [4.69, 9.17) is 0 Å². The zero-order chi connectivity index (χ0) is 29.5. The van der Waals surface area contributed by atoms with Gasteiger partial charge in [-0.15, -0.1) is 11.3 Å². The second-order valence-corrected chi connectivity index (χ2v) is 12.8. The maximum atomic E-state index is 2.47. The van der Waals surface area contributed by atoms with E-state index in [0.717, 1.165) is 0 Å². The molecule has 0 bridgehead atoms. The summed E-state index contributed by atoms with van der Waals surface area (Å²) < 4.78 is 7.53. The van der Waals surface area contributed by atoms with Crippen molar-refractivity contribution in [2.75, 3.05) is 0 Å². The Balaban J connectivity index is 1.20. The Kier molecular flexibility index (Phi) is 5.19. The molecule has 3 aromatic heterocycles. The number of thiophene rings is 1. The minimum absolute atomic E-state index is 1.17. The third-order valence-corrected chi connectivity index (χ3v) is 10.5. The summed E-state index contributed by atoms with van der Waals surface area (Å²) >= 11 is 1.89. The molecule has 0 atom stereocenters. The van der Waals surface area contributed by atoms with E-state index in [1.54, 1.807) is 0 Å². The van der Waals surface area contributed by atoms with Gasteiger partial charge in [-0.3, -0.25) is 0 Å². The Morgan fingerprint density at radius 1 is 0.356 bits per heavy atom.